The summed E-state index contributed by atoms with van der Waals surface area (Å²) < 4.78 is 32.5. The minimum Gasteiger partial charge on any atom is -0.447 e. The molecule has 0 bridgehead atoms. The summed E-state index contributed by atoms with van der Waals surface area (Å²) in [6, 6.07) is 3.54. The van der Waals surface area contributed by atoms with Crippen LogP contribution in [0.5, 0.6) is 0 Å². The zero-order valence-electron chi connectivity index (χ0n) is 16.3. The van der Waals surface area contributed by atoms with Crippen molar-refractivity contribution in [2.75, 3.05) is 32.7 Å². The molecule has 2 aromatic rings. The van der Waals surface area contributed by atoms with E-state index in [-0.39, 0.29) is 17.4 Å². The molecular formula is C20H26F2N4O2. The smallest absolute Gasteiger partial charge is 0.273 e. The van der Waals surface area contributed by atoms with Gasteiger partial charge < -0.3 is 9.73 Å². The molecule has 1 amide bonds. The van der Waals surface area contributed by atoms with Crippen LogP contribution in [-0.4, -0.2) is 53.4 Å². The molecule has 8 heteroatoms. The molecule has 1 aromatic carbocycles. The van der Waals surface area contributed by atoms with E-state index in [4.69, 9.17) is 4.42 Å². The van der Waals surface area contributed by atoms with Crippen LogP contribution in [0.2, 0.25) is 0 Å². The van der Waals surface area contributed by atoms with Gasteiger partial charge >= 0.3 is 0 Å². The minimum absolute atomic E-state index is 0.231. The van der Waals surface area contributed by atoms with Crippen molar-refractivity contribution in [1.29, 1.82) is 0 Å². The summed E-state index contributed by atoms with van der Waals surface area (Å²) in [5.41, 5.74) is 0.661. The van der Waals surface area contributed by atoms with Crippen molar-refractivity contribution in [2.45, 2.75) is 26.9 Å². The number of nitrogens with zero attached hydrogens (tertiary/aromatic N) is 3. The molecule has 1 aromatic heterocycles. The molecule has 0 unspecified atom stereocenters. The van der Waals surface area contributed by atoms with E-state index in [1.165, 1.54) is 18.4 Å². The summed E-state index contributed by atoms with van der Waals surface area (Å²) in [5, 5.41) is 2.81. The molecule has 1 saturated heterocycles. The van der Waals surface area contributed by atoms with Crippen molar-refractivity contribution in [3.05, 3.63) is 53.2 Å². The standard InChI is InChI=1S/C20H26F2N4O2/c1-14(2)10-23-20(27)18-13-28-19(24-18)12-26-7-5-25(6-8-26)11-15-9-16(21)3-4-17(15)22/h3-4,9,13-14H,5-8,10-12H2,1-2H3,(H,23,27). The number of benzene rings is 1. The van der Waals surface area contributed by atoms with Crippen molar-refractivity contribution in [3.8, 4) is 0 Å². The molecule has 1 aliphatic rings. The quantitative estimate of drug-likeness (QED) is 0.785. The molecule has 0 atom stereocenters. The molecule has 152 valence electrons. The van der Waals surface area contributed by atoms with Gasteiger partial charge in [0, 0.05) is 44.8 Å². The van der Waals surface area contributed by atoms with Crippen LogP contribution in [0.1, 0.15) is 35.8 Å². The first-order valence-electron chi connectivity index (χ1n) is 9.52. The van der Waals surface area contributed by atoms with Crippen LogP contribution < -0.4 is 5.32 Å². The van der Waals surface area contributed by atoms with Crippen LogP contribution in [-0.2, 0) is 13.1 Å². The van der Waals surface area contributed by atoms with Gasteiger partial charge in [0.25, 0.3) is 5.91 Å². The zero-order chi connectivity index (χ0) is 20.1. The maximum Gasteiger partial charge on any atom is 0.273 e. The van der Waals surface area contributed by atoms with Gasteiger partial charge in [-0.05, 0) is 24.1 Å². The predicted molar refractivity (Wildman–Crippen MR) is 101 cm³/mol. The van der Waals surface area contributed by atoms with Gasteiger partial charge in [0.15, 0.2) is 5.69 Å². The van der Waals surface area contributed by atoms with Crippen molar-refractivity contribution in [2.24, 2.45) is 5.92 Å². The summed E-state index contributed by atoms with van der Waals surface area (Å²) in [7, 11) is 0. The maximum atomic E-state index is 13.8. The fourth-order valence-corrected chi connectivity index (χ4v) is 3.08. The van der Waals surface area contributed by atoms with Gasteiger partial charge in [-0.25, -0.2) is 13.8 Å². The summed E-state index contributed by atoms with van der Waals surface area (Å²) in [5.74, 6) is -0.170. The van der Waals surface area contributed by atoms with Gasteiger partial charge in [-0.3, -0.25) is 14.6 Å². The van der Waals surface area contributed by atoms with E-state index in [2.05, 4.69) is 20.1 Å². The van der Waals surface area contributed by atoms with E-state index >= 15 is 0 Å². The SMILES string of the molecule is CC(C)CNC(=O)c1coc(CN2CCN(Cc3cc(F)ccc3F)CC2)n1. The highest BCUT2D eigenvalue weighted by Gasteiger charge is 2.21. The van der Waals surface area contributed by atoms with Crippen molar-refractivity contribution in [3.63, 3.8) is 0 Å². The molecule has 0 aliphatic carbocycles. The Morgan fingerprint density at radius 2 is 1.86 bits per heavy atom. The van der Waals surface area contributed by atoms with E-state index in [1.807, 2.05) is 13.8 Å². The molecule has 6 nitrogen and oxygen atoms in total. The molecule has 0 saturated carbocycles. The van der Waals surface area contributed by atoms with Gasteiger partial charge in [-0.15, -0.1) is 0 Å². The number of piperazine rings is 1. The maximum absolute atomic E-state index is 13.8. The van der Waals surface area contributed by atoms with Gasteiger partial charge in [0.1, 0.15) is 17.9 Å². The van der Waals surface area contributed by atoms with Crippen molar-refractivity contribution < 1.29 is 18.0 Å². The van der Waals surface area contributed by atoms with Crippen LogP contribution in [0.15, 0.2) is 28.9 Å². The second-order valence-electron chi connectivity index (χ2n) is 7.52. The number of oxazole rings is 1. The lowest BCUT2D eigenvalue weighted by Gasteiger charge is -2.34. The second kappa shape index (κ2) is 9.25. The molecule has 1 fully saturated rings. The van der Waals surface area contributed by atoms with Crippen LogP contribution in [0.4, 0.5) is 8.78 Å². The predicted octanol–water partition coefficient (Wildman–Crippen LogP) is 2.66. The van der Waals surface area contributed by atoms with Crippen molar-refractivity contribution in [1.82, 2.24) is 20.1 Å². The molecule has 28 heavy (non-hydrogen) atoms. The number of halogens is 2. The summed E-state index contributed by atoms with van der Waals surface area (Å²) in [4.78, 5) is 20.5. The van der Waals surface area contributed by atoms with Crippen LogP contribution in [0, 0.1) is 17.6 Å². The molecule has 1 N–H and O–H groups in total. The molecule has 0 spiro atoms. The highest BCUT2D eigenvalue weighted by molar-refractivity contribution is 5.91. The Balaban J connectivity index is 1.47. The first kappa shape index (κ1) is 20.4. The monoisotopic (exact) mass is 392 g/mol. The average Bonchev–Trinajstić information content (AvgIpc) is 3.13. The Labute approximate surface area is 163 Å². The third-order valence-corrected chi connectivity index (χ3v) is 4.68. The first-order valence-corrected chi connectivity index (χ1v) is 9.52. The largest absolute Gasteiger partial charge is 0.447 e. The summed E-state index contributed by atoms with van der Waals surface area (Å²) in [6.07, 6.45) is 1.38. The lowest BCUT2D eigenvalue weighted by atomic mass is 10.1. The van der Waals surface area contributed by atoms with Crippen LogP contribution in [0.25, 0.3) is 0 Å². The Morgan fingerprint density at radius 3 is 2.54 bits per heavy atom. The number of aromatic nitrogens is 1. The highest BCUT2D eigenvalue weighted by atomic mass is 19.1. The van der Waals surface area contributed by atoms with Gasteiger partial charge in [-0.1, -0.05) is 13.8 Å². The lowest BCUT2D eigenvalue weighted by Crippen LogP contribution is -2.45. The highest BCUT2D eigenvalue weighted by Crippen LogP contribution is 2.15. The molecule has 0 radical (unpaired) electrons. The second-order valence-corrected chi connectivity index (χ2v) is 7.52. The Hall–Kier alpha value is -2.32. The average molecular weight is 392 g/mol. The number of carbonyl (C=O) groups excluding carboxylic acids is 1. The van der Waals surface area contributed by atoms with E-state index in [9.17, 15) is 13.6 Å². The number of rotatable bonds is 7. The third kappa shape index (κ3) is 5.59. The molecule has 2 heterocycles. The Morgan fingerprint density at radius 1 is 1.18 bits per heavy atom. The van der Waals surface area contributed by atoms with Gasteiger partial charge in [0.2, 0.25) is 5.89 Å². The number of amides is 1. The summed E-state index contributed by atoms with van der Waals surface area (Å²) in [6.45, 7) is 8.53. The first-order chi connectivity index (χ1) is 13.4. The van der Waals surface area contributed by atoms with Gasteiger partial charge in [-0.2, -0.15) is 0 Å². The van der Waals surface area contributed by atoms with Crippen LogP contribution in [0.3, 0.4) is 0 Å². The van der Waals surface area contributed by atoms with E-state index < -0.39 is 5.82 Å². The fraction of sp³-hybridized carbons (Fsp3) is 0.500. The third-order valence-electron chi connectivity index (χ3n) is 4.68. The van der Waals surface area contributed by atoms with Gasteiger partial charge in [0.05, 0.1) is 6.54 Å². The topological polar surface area (TPSA) is 61.6 Å². The lowest BCUT2D eigenvalue weighted by molar-refractivity contribution is 0.0943. The fourth-order valence-electron chi connectivity index (χ4n) is 3.08. The number of hydrogen-bond donors (Lipinski definition) is 1. The minimum atomic E-state index is -0.424. The Bertz CT molecular complexity index is 801. The van der Waals surface area contributed by atoms with E-state index in [0.29, 0.717) is 37.0 Å². The number of hydrogen-bond acceptors (Lipinski definition) is 5. The number of nitrogens with one attached hydrogen (secondary N) is 1. The molecular weight excluding hydrogens is 366 g/mol. The normalized spacial score (nSPS) is 15.9. The van der Waals surface area contributed by atoms with Crippen LogP contribution >= 0.6 is 0 Å². The molecule has 1 aliphatic heterocycles. The van der Waals surface area contributed by atoms with Crippen molar-refractivity contribution >= 4 is 5.91 Å². The Kier molecular flexibility index (Phi) is 6.74. The number of carbonyl (C=O) groups is 1. The summed E-state index contributed by atoms with van der Waals surface area (Å²) >= 11 is 0. The van der Waals surface area contributed by atoms with E-state index in [0.717, 1.165) is 32.2 Å². The zero-order valence-corrected chi connectivity index (χ0v) is 16.3. The molecule has 3 rings (SSSR count). The van der Waals surface area contributed by atoms with E-state index in [1.54, 1.807) is 0 Å².